The van der Waals surface area contributed by atoms with Crippen LogP contribution in [-0.4, -0.2) is 0 Å². The monoisotopic (exact) mass is 227 g/mol. The van der Waals surface area contributed by atoms with Crippen molar-refractivity contribution in [3.63, 3.8) is 0 Å². The molecule has 3 heteroatoms. The van der Waals surface area contributed by atoms with Gasteiger partial charge < -0.3 is 17.2 Å². The summed E-state index contributed by atoms with van der Waals surface area (Å²) in [6.07, 6.45) is 0. The van der Waals surface area contributed by atoms with Crippen LogP contribution < -0.4 is 17.2 Å². The van der Waals surface area contributed by atoms with Crippen LogP contribution in [0.15, 0.2) is 42.5 Å². The molecule has 0 aliphatic heterocycles. The molecule has 6 N–H and O–H groups in total. The van der Waals surface area contributed by atoms with E-state index in [1.807, 2.05) is 24.3 Å². The molecule has 88 valence electrons. The zero-order chi connectivity index (χ0) is 12.4. The van der Waals surface area contributed by atoms with Crippen molar-refractivity contribution in [1.29, 1.82) is 0 Å². The van der Waals surface area contributed by atoms with Gasteiger partial charge in [-0.25, -0.2) is 0 Å². The Morgan fingerprint density at radius 2 is 1.47 bits per heavy atom. The highest BCUT2D eigenvalue weighted by molar-refractivity contribution is 5.80. The van der Waals surface area contributed by atoms with Crippen molar-refractivity contribution in [2.45, 2.75) is 12.8 Å². The summed E-state index contributed by atoms with van der Waals surface area (Å²) in [5, 5.41) is 0. The predicted octanol–water partition coefficient (Wildman–Crippen LogP) is 2.58. The molecule has 0 aliphatic carbocycles. The summed E-state index contributed by atoms with van der Waals surface area (Å²) in [5.41, 5.74) is 21.4. The summed E-state index contributed by atoms with van der Waals surface area (Å²) in [5.74, 6) is 0.207. The summed E-state index contributed by atoms with van der Waals surface area (Å²) >= 11 is 0. The Labute approximate surface area is 101 Å². The molecule has 0 saturated carbocycles. The lowest BCUT2D eigenvalue weighted by atomic mass is 9.91. The SMILES string of the molecule is CC(c1ccccc1)c1ccc(N)c(N)c1N. The number of rotatable bonds is 2. The van der Waals surface area contributed by atoms with Crippen LogP contribution in [0.1, 0.15) is 24.0 Å². The van der Waals surface area contributed by atoms with Crippen molar-refractivity contribution in [3.05, 3.63) is 53.6 Å². The van der Waals surface area contributed by atoms with Gasteiger partial charge in [0.1, 0.15) is 0 Å². The molecule has 2 aromatic carbocycles. The maximum Gasteiger partial charge on any atom is 0.0784 e. The molecule has 0 bridgehead atoms. The van der Waals surface area contributed by atoms with E-state index in [1.54, 1.807) is 6.07 Å². The van der Waals surface area contributed by atoms with Gasteiger partial charge >= 0.3 is 0 Å². The van der Waals surface area contributed by atoms with Gasteiger partial charge in [-0.3, -0.25) is 0 Å². The molecule has 0 fully saturated rings. The Morgan fingerprint density at radius 1 is 0.824 bits per heavy atom. The third-order valence-corrected chi connectivity index (χ3v) is 3.12. The fraction of sp³-hybridized carbons (Fsp3) is 0.143. The van der Waals surface area contributed by atoms with Gasteiger partial charge in [-0.2, -0.15) is 0 Å². The number of nitrogen functional groups attached to an aromatic ring is 3. The molecule has 0 aliphatic rings. The van der Waals surface area contributed by atoms with Crippen molar-refractivity contribution in [2.75, 3.05) is 17.2 Å². The van der Waals surface area contributed by atoms with Crippen LogP contribution in [0.3, 0.4) is 0 Å². The minimum atomic E-state index is 0.207. The van der Waals surface area contributed by atoms with Gasteiger partial charge in [-0.1, -0.05) is 43.3 Å². The van der Waals surface area contributed by atoms with E-state index in [-0.39, 0.29) is 5.92 Å². The van der Waals surface area contributed by atoms with Crippen molar-refractivity contribution < 1.29 is 0 Å². The van der Waals surface area contributed by atoms with Gasteiger partial charge in [-0.15, -0.1) is 0 Å². The largest absolute Gasteiger partial charge is 0.397 e. The first-order chi connectivity index (χ1) is 8.11. The fourth-order valence-electron chi connectivity index (χ4n) is 1.97. The molecule has 0 radical (unpaired) electrons. The number of hydrogen-bond donors (Lipinski definition) is 3. The Kier molecular flexibility index (Phi) is 2.91. The van der Waals surface area contributed by atoms with E-state index in [0.717, 1.165) is 5.56 Å². The molecular formula is C14H17N3. The van der Waals surface area contributed by atoms with E-state index in [0.29, 0.717) is 17.1 Å². The number of benzene rings is 2. The lowest BCUT2D eigenvalue weighted by molar-refractivity contribution is 0.927. The molecule has 17 heavy (non-hydrogen) atoms. The predicted molar refractivity (Wildman–Crippen MR) is 73.6 cm³/mol. The van der Waals surface area contributed by atoms with Crippen molar-refractivity contribution in [2.24, 2.45) is 0 Å². The topological polar surface area (TPSA) is 78.1 Å². The second-order valence-corrected chi connectivity index (χ2v) is 4.20. The normalized spacial score (nSPS) is 12.3. The van der Waals surface area contributed by atoms with Crippen molar-refractivity contribution in [3.8, 4) is 0 Å². The third-order valence-electron chi connectivity index (χ3n) is 3.12. The minimum Gasteiger partial charge on any atom is -0.397 e. The average Bonchev–Trinajstić information content (AvgIpc) is 2.36. The van der Waals surface area contributed by atoms with E-state index >= 15 is 0 Å². The van der Waals surface area contributed by atoms with Gasteiger partial charge in [0.25, 0.3) is 0 Å². The van der Waals surface area contributed by atoms with Crippen LogP contribution >= 0.6 is 0 Å². The van der Waals surface area contributed by atoms with E-state index in [1.165, 1.54) is 5.56 Å². The molecule has 2 aromatic rings. The van der Waals surface area contributed by atoms with Crippen LogP contribution in [0.5, 0.6) is 0 Å². The summed E-state index contributed by atoms with van der Waals surface area (Å²) in [6.45, 7) is 2.11. The van der Waals surface area contributed by atoms with Gasteiger partial charge in [0.2, 0.25) is 0 Å². The fourth-order valence-corrected chi connectivity index (χ4v) is 1.97. The second-order valence-electron chi connectivity index (χ2n) is 4.20. The highest BCUT2D eigenvalue weighted by Crippen LogP contribution is 2.34. The summed E-state index contributed by atoms with van der Waals surface area (Å²) in [6, 6.07) is 13.9. The number of anilines is 3. The molecule has 0 aromatic heterocycles. The van der Waals surface area contributed by atoms with Crippen LogP contribution in [0.4, 0.5) is 17.1 Å². The minimum absolute atomic E-state index is 0.207. The van der Waals surface area contributed by atoms with Gasteiger partial charge in [0.15, 0.2) is 0 Å². The molecule has 1 unspecified atom stereocenters. The number of nitrogens with two attached hydrogens (primary N) is 3. The zero-order valence-electron chi connectivity index (χ0n) is 9.85. The zero-order valence-corrected chi connectivity index (χ0v) is 9.85. The Balaban J connectivity index is 2.45. The quantitative estimate of drug-likeness (QED) is 0.690. The highest BCUT2D eigenvalue weighted by atomic mass is 14.7. The maximum atomic E-state index is 6.02. The van der Waals surface area contributed by atoms with E-state index in [4.69, 9.17) is 17.2 Å². The standard InChI is InChI=1S/C14H17N3/c1-9(10-5-3-2-4-6-10)11-7-8-12(15)14(17)13(11)16/h2-9H,15-17H2,1H3. The smallest absolute Gasteiger partial charge is 0.0784 e. The molecule has 1 atom stereocenters. The van der Waals surface area contributed by atoms with E-state index in [9.17, 15) is 0 Å². The summed E-state index contributed by atoms with van der Waals surface area (Å²) in [7, 11) is 0. The van der Waals surface area contributed by atoms with Gasteiger partial charge in [0, 0.05) is 5.92 Å². The Morgan fingerprint density at radius 3 is 2.12 bits per heavy atom. The Bertz CT molecular complexity index is 520. The van der Waals surface area contributed by atoms with Crippen molar-refractivity contribution >= 4 is 17.1 Å². The summed E-state index contributed by atoms with van der Waals surface area (Å²) in [4.78, 5) is 0. The highest BCUT2D eigenvalue weighted by Gasteiger charge is 2.13. The average molecular weight is 227 g/mol. The lowest BCUT2D eigenvalue weighted by Gasteiger charge is -2.17. The number of hydrogen-bond acceptors (Lipinski definition) is 3. The molecular weight excluding hydrogens is 210 g/mol. The van der Waals surface area contributed by atoms with Crippen LogP contribution in [0, 0.1) is 0 Å². The van der Waals surface area contributed by atoms with Crippen LogP contribution in [0.25, 0.3) is 0 Å². The van der Waals surface area contributed by atoms with Gasteiger partial charge in [0.05, 0.1) is 17.1 Å². The lowest BCUT2D eigenvalue weighted by Crippen LogP contribution is -2.06. The molecule has 2 rings (SSSR count). The van der Waals surface area contributed by atoms with E-state index in [2.05, 4.69) is 19.1 Å². The third kappa shape index (κ3) is 2.04. The van der Waals surface area contributed by atoms with Crippen molar-refractivity contribution in [1.82, 2.24) is 0 Å². The Hall–Kier alpha value is -2.16. The molecule has 3 nitrogen and oxygen atoms in total. The molecule has 0 saturated heterocycles. The first-order valence-electron chi connectivity index (χ1n) is 5.59. The van der Waals surface area contributed by atoms with Gasteiger partial charge in [-0.05, 0) is 17.2 Å². The summed E-state index contributed by atoms with van der Waals surface area (Å²) < 4.78 is 0. The first kappa shape index (κ1) is 11.3. The maximum absolute atomic E-state index is 6.02. The van der Waals surface area contributed by atoms with Crippen LogP contribution in [0.2, 0.25) is 0 Å². The molecule has 0 spiro atoms. The van der Waals surface area contributed by atoms with Crippen LogP contribution in [-0.2, 0) is 0 Å². The second kappa shape index (κ2) is 4.37. The first-order valence-corrected chi connectivity index (χ1v) is 5.59. The van der Waals surface area contributed by atoms with E-state index < -0.39 is 0 Å². The molecule has 0 amide bonds. The molecule has 0 heterocycles.